The van der Waals surface area contributed by atoms with Crippen LogP contribution in [0.4, 0.5) is 0 Å². The largest absolute Gasteiger partial charge is 0.456 e. The fourth-order valence-electron chi connectivity index (χ4n) is 8.07. The van der Waals surface area contributed by atoms with Crippen LogP contribution in [0.25, 0.3) is 111 Å². The van der Waals surface area contributed by atoms with Gasteiger partial charge in [-0.3, -0.25) is 4.98 Å². The van der Waals surface area contributed by atoms with Crippen LogP contribution in [0.1, 0.15) is 0 Å². The number of para-hydroxylation sites is 1. The molecule has 0 aliphatic heterocycles. The van der Waals surface area contributed by atoms with Crippen molar-refractivity contribution in [3.05, 3.63) is 182 Å². The third kappa shape index (κ3) is 5.17. The van der Waals surface area contributed by atoms with Gasteiger partial charge in [-0.25, -0.2) is 15.0 Å². The van der Waals surface area contributed by atoms with E-state index < -0.39 is 0 Å². The molecule has 0 fully saturated rings. The minimum atomic E-state index is 0.590. The Hall–Kier alpha value is -7.50. The van der Waals surface area contributed by atoms with Crippen LogP contribution in [0.5, 0.6) is 0 Å². The van der Waals surface area contributed by atoms with E-state index >= 15 is 0 Å². The molecule has 256 valence electrons. The summed E-state index contributed by atoms with van der Waals surface area (Å²) in [6, 6.07) is 59.0. The molecule has 55 heavy (non-hydrogen) atoms. The quantitative estimate of drug-likeness (QED) is 0.167. The van der Waals surface area contributed by atoms with E-state index in [0.29, 0.717) is 17.5 Å². The Morgan fingerprint density at radius 1 is 0.345 bits per heavy atom. The number of hydrogen-bond acceptors (Lipinski definition) is 5. The summed E-state index contributed by atoms with van der Waals surface area (Å²) in [6.07, 6.45) is 3.81. The van der Waals surface area contributed by atoms with Gasteiger partial charge in [0.2, 0.25) is 0 Å². The van der Waals surface area contributed by atoms with E-state index in [9.17, 15) is 0 Å². The van der Waals surface area contributed by atoms with E-state index in [-0.39, 0.29) is 0 Å². The molecule has 0 saturated carbocycles. The predicted molar refractivity (Wildman–Crippen MR) is 225 cm³/mol. The van der Waals surface area contributed by atoms with Crippen molar-refractivity contribution in [1.29, 1.82) is 0 Å². The summed E-state index contributed by atoms with van der Waals surface area (Å²) in [5, 5.41) is 9.23. The van der Waals surface area contributed by atoms with E-state index in [2.05, 4.69) is 132 Å². The summed E-state index contributed by atoms with van der Waals surface area (Å²) in [6.45, 7) is 0. The monoisotopic (exact) mass is 702 g/mol. The zero-order valence-corrected chi connectivity index (χ0v) is 29.5. The fourth-order valence-corrected chi connectivity index (χ4v) is 8.07. The molecule has 11 aromatic rings. The summed E-state index contributed by atoms with van der Waals surface area (Å²) in [5.41, 5.74) is 8.81. The van der Waals surface area contributed by atoms with Crippen LogP contribution in [0.2, 0.25) is 0 Å². The number of aromatic nitrogens is 4. The highest BCUT2D eigenvalue weighted by atomic mass is 16.3. The molecule has 0 N–H and O–H groups in total. The first kappa shape index (κ1) is 31.1. The summed E-state index contributed by atoms with van der Waals surface area (Å²) in [5.74, 6) is 1.80. The summed E-state index contributed by atoms with van der Waals surface area (Å²) in [4.78, 5) is 19.9. The molecule has 0 unspecified atom stereocenters. The Bertz CT molecular complexity index is 3260. The van der Waals surface area contributed by atoms with E-state index in [4.69, 9.17) is 19.4 Å². The second-order valence-electron chi connectivity index (χ2n) is 13.8. The zero-order chi connectivity index (χ0) is 36.3. The van der Waals surface area contributed by atoms with Crippen LogP contribution in [-0.4, -0.2) is 19.9 Å². The van der Waals surface area contributed by atoms with Crippen LogP contribution in [-0.2, 0) is 0 Å². The maximum absolute atomic E-state index is 6.28. The van der Waals surface area contributed by atoms with Gasteiger partial charge in [0.1, 0.15) is 11.2 Å². The van der Waals surface area contributed by atoms with Gasteiger partial charge in [0.25, 0.3) is 0 Å². The lowest BCUT2D eigenvalue weighted by Crippen LogP contribution is -2.01. The average Bonchev–Trinajstić information content (AvgIpc) is 3.65. The molecule has 0 saturated heterocycles. The normalized spacial score (nSPS) is 11.6. The molecule has 5 nitrogen and oxygen atoms in total. The number of hydrogen-bond donors (Lipinski definition) is 0. The lowest BCUT2D eigenvalue weighted by Gasteiger charge is -2.14. The number of furan rings is 1. The first-order chi connectivity index (χ1) is 27.3. The minimum absolute atomic E-state index is 0.590. The van der Waals surface area contributed by atoms with Crippen LogP contribution < -0.4 is 0 Å². The molecule has 0 amide bonds. The summed E-state index contributed by atoms with van der Waals surface area (Å²) < 4.78 is 6.28. The van der Waals surface area contributed by atoms with Crippen LogP contribution >= 0.6 is 0 Å². The molecule has 0 aliphatic rings. The maximum atomic E-state index is 6.28. The summed E-state index contributed by atoms with van der Waals surface area (Å²) >= 11 is 0. The molecule has 3 aromatic heterocycles. The van der Waals surface area contributed by atoms with E-state index in [1.807, 2.05) is 54.9 Å². The number of benzene rings is 8. The van der Waals surface area contributed by atoms with Crippen molar-refractivity contribution < 1.29 is 4.42 Å². The molecule has 0 atom stereocenters. The van der Waals surface area contributed by atoms with Crippen LogP contribution in [0.15, 0.2) is 187 Å². The topological polar surface area (TPSA) is 64.7 Å². The number of pyridine rings is 1. The lowest BCUT2D eigenvalue weighted by molar-refractivity contribution is 0.669. The Kier molecular flexibility index (Phi) is 7.10. The Balaban J connectivity index is 1.10. The number of rotatable bonds is 5. The van der Waals surface area contributed by atoms with E-state index in [1.165, 1.54) is 32.5 Å². The number of nitrogens with zero attached hydrogens (tertiary/aromatic N) is 4. The molecule has 3 heterocycles. The third-order valence-electron chi connectivity index (χ3n) is 10.6. The maximum Gasteiger partial charge on any atom is 0.164 e. The predicted octanol–water partition coefficient (Wildman–Crippen LogP) is 13.0. The third-order valence-corrected chi connectivity index (χ3v) is 10.6. The SMILES string of the molecule is c1ccc(-c2ccccc2-c2nc(-c3ccc(-c4cc5ccc6cnccc6c5c5ccccc45)cc3)nc(-c3cccc4oc5ccccc5c34)n2)cc1. The Morgan fingerprint density at radius 3 is 1.82 bits per heavy atom. The van der Waals surface area contributed by atoms with Gasteiger partial charge in [0.05, 0.1) is 0 Å². The molecule has 5 heteroatoms. The van der Waals surface area contributed by atoms with Crippen LogP contribution in [0.3, 0.4) is 0 Å². The van der Waals surface area contributed by atoms with Crippen molar-refractivity contribution in [2.24, 2.45) is 0 Å². The van der Waals surface area contributed by atoms with Gasteiger partial charge in [0.15, 0.2) is 17.5 Å². The first-order valence-corrected chi connectivity index (χ1v) is 18.4. The minimum Gasteiger partial charge on any atom is -0.456 e. The standard InChI is InChI=1S/C50H30N4O/c1-2-11-31(12-3-1)36-13-4-7-16-40(36)49-52-48(53-50(54-49)42-18-10-20-45-47(42)41-17-8-9-19-44(41)55-45)33-23-21-32(22-24-33)43-29-34-25-26-35-30-51-28-27-37(35)46(34)39-15-6-5-14-38(39)43/h1-30H. The van der Waals surface area contributed by atoms with Gasteiger partial charge in [-0.15, -0.1) is 0 Å². The molecule has 11 rings (SSSR count). The van der Waals surface area contributed by atoms with Crippen molar-refractivity contribution in [1.82, 2.24) is 19.9 Å². The van der Waals surface area contributed by atoms with Crippen molar-refractivity contribution >= 4 is 54.3 Å². The van der Waals surface area contributed by atoms with E-state index in [1.54, 1.807) is 0 Å². The highest BCUT2D eigenvalue weighted by molar-refractivity contribution is 6.23. The van der Waals surface area contributed by atoms with Crippen molar-refractivity contribution in [3.8, 4) is 56.4 Å². The fraction of sp³-hybridized carbons (Fsp3) is 0. The lowest BCUT2D eigenvalue weighted by atomic mass is 9.91. The second kappa shape index (κ2) is 12.6. The van der Waals surface area contributed by atoms with Gasteiger partial charge in [-0.05, 0) is 73.5 Å². The molecule has 0 bridgehead atoms. The highest BCUT2D eigenvalue weighted by Gasteiger charge is 2.20. The summed E-state index contributed by atoms with van der Waals surface area (Å²) in [7, 11) is 0. The Labute approximate surface area is 316 Å². The Morgan fingerprint density at radius 2 is 0.964 bits per heavy atom. The second-order valence-corrected chi connectivity index (χ2v) is 13.8. The molecule has 0 spiro atoms. The van der Waals surface area contributed by atoms with Gasteiger partial charge in [-0.1, -0.05) is 146 Å². The smallest absolute Gasteiger partial charge is 0.164 e. The molecule has 0 aliphatic carbocycles. The van der Waals surface area contributed by atoms with Crippen molar-refractivity contribution in [2.75, 3.05) is 0 Å². The van der Waals surface area contributed by atoms with Crippen LogP contribution in [0, 0.1) is 0 Å². The number of fused-ring (bicyclic) bond motifs is 8. The van der Waals surface area contributed by atoms with Gasteiger partial charge in [0, 0.05) is 45.2 Å². The van der Waals surface area contributed by atoms with Crippen molar-refractivity contribution in [3.63, 3.8) is 0 Å². The first-order valence-electron chi connectivity index (χ1n) is 18.4. The van der Waals surface area contributed by atoms with Gasteiger partial charge < -0.3 is 4.42 Å². The van der Waals surface area contributed by atoms with Crippen molar-refractivity contribution in [2.45, 2.75) is 0 Å². The molecule has 8 aromatic carbocycles. The van der Waals surface area contributed by atoms with E-state index in [0.717, 1.165) is 60.7 Å². The average molecular weight is 703 g/mol. The highest BCUT2D eigenvalue weighted by Crippen LogP contribution is 2.40. The molecular formula is C50H30N4O. The van der Waals surface area contributed by atoms with Gasteiger partial charge >= 0.3 is 0 Å². The zero-order valence-electron chi connectivity index (χ0n) is 29.5. The molecular weight excluding hydrogens is 673 g/mol. The van der Waals surface area contributed by atoms with Gasteiger partial charge in [-0.2, -0.15) is 0 Å². The molecule has 0 radical (unpaired) electrons.